The van der Waals surface area contributed by atoms with E-state index in [1.54, 1.807) is 0 Å². The lowest BCUT2D eigenvalue weighted by molar-refractivity contribution is 0.0410. The maximum Gasteiger partial charge on any atom is 0.152 e. The maximum atomic E-state index is 11.8. The van der Waals surface area contributed by atoms with Crippen LogP contribution < -0.4 is 5.32 Å². The Morgan fingerprint density at radius 1 is 1.44 bits per heavy atom. The molecule has 0 aromatic heterocycles. The minimum absolute atomic E-state index is 0.146. The van der Waals surface area contributed by atoms with Crippen LogP contribution in [0, 0.1) is 0 Å². The summed E-state index contributed by atoms with van der Waals surface area (Å²) in [6.45, 7) is 8.49. The van der Waals surface area contributed by atoms with E-state index in [-0.39, 0.29) is 5.54 Å². The zero-order chi connectivity index (χ0) is 13.4. The third kappa shape index (κ3) is 2.89. The van der Waals surface area contributed by atoms with Gasteiger partial charge in [-0.2, -0.15) is 0 Å². The summed E-state index contributed by atoms with van der Waals surface area (Å²) in [6.07, 6.45) is 3.14. The molecule has 0 spiro atoms. The second-order valence-electron chi connectivity index (χ2n) is 6.23. The van der Waals surface area contributed by atoms with Crippen LogP contribution in [0.25, 0.3) is 0 Å². The van der Waals surface area contributed by atoms with Gasteiger partial charge in [-0.15, -0.1) is 0 Å². The Labute approximate surface area is 111 Å². The largest absolute Gasteiger partial charge is 0.311 e. The van der Waals surface area contributed by atoms with E-state index in [1.165, 1.54) is 12.8 Å². The van der Waals surface area contributed by atoms with Crippen molar-refractivity contribution >= 4 is 9.84 Å². The van der Waals surface area contributed by atoms with E-state index in [1.807, 2.05) is 0 Å². The molecule has 0 aromatic rings. The van der Waals surface area contributed by atoms with Gasteiger partial charge in [0.15, 0.2) is 9.84 Å². The lowest BCUT2D eigenvalue weighted by atomic mass is 9.93. The van der Waals surface area contributed by atoms with Crippen LogP contribution in [0.15, 0.2) is 0 Å². The molecule has 106 valence electrons. The molecule has 18 heavy (non-hydrogen) atoms. The van der Waals surface area contributed by atoms with Gasteiger partial charge < -0.3 is 5.32 Å². The molecule has 3 unspecified atom stereocenters. The molecule has 1 N–H and O–H groups in total. The molecule has 4 nitrogen and oxygen atoms in total. The van der Waals surface area contributed by atoms with Crippen LogP contribution in [0.1, 0.15) is 40.0 Å². The van der Waals surface area contributed by atoms with Crippen molar-refractivity contribution in [3.8, 4) is 0 Å². The number of hydrogen-bond donors (Lipinski definition) is 1. The van der Waals surface area contributed by atoms with Gasteiger partial charge in [-0.1, -0.05) is 13.3 Å². The van der Waals surface area contributed by atoms with Crippen LogP contribution in [-0.4, -0.2) is 55.5 Å². The second-order valence-corrected chi connectivity index (χ2v) is 8.42. The quantitative estimate of drug-likeness (QED) is 0.835. The number of piperazine rings is 1. The van der Waals surface area contributed by atoms with Gasteiger partial charge in [0, 0.05) is 30.7 Å². The molecule has 0 saturated carbocycles. The van der Waals surface area contributed by atoms with Gasteiger partial charge in [0.1, 0.15) is 0 Å². The molecular weight excluding hydrogens is 248 g/mol. The van der Waals surface area contributed by atoms with Crippen LogP contribution in [0.3, 0.4) is 0 Å². The van der Waals surface area contributed by atoms with Crippen molar-refractivity contribution in [1.29, 1.82) is 0 Å². The van der Waals surface area contributed by atoms with E-state index in [0.717, 1.165) is 19.5 Å². The fourth-order valence-corrected chi connectivity index (χ4v) is 5.60. The number of rotatable bonds is 3. The molecule has 0 radical (unpaired) electrons. The first-order chi connectivity index (χ1) is 8.36. The molecule has 2 saturated heterocycles. The van der Waals surface area contributed by atoms with Gasteiger partial charge in [0.05, 0.1) is 11.5 Å². The average Bonchev–Trinajstić information content (AvgIpc) is 2.57. The van der Waals surface area contributed by atoms with Crippen LogP contribution in [0.4, 0.5) is 0 Å². The average molecular weight is 274 g/mol. The molecule has 2 fully saturated rings. The zero-order valence-electron chi connectivity index (χ0n) is 11.8. The van der Waals surface area contributed by atoms with Crippen molar-refractivity contribution in [3.63, 3.8) is 0 Å². The molecule has 3 atom stereocenters. The Morgan fingerprint density at radius 2 is 2.17 bits per heavy atom. The molecule has 0 aliphatic carbocycles. The van der Waals surface area contributed by atoms with E-state index in [0.29, 0.717) is 23.6 Å². The number of nitrogens with one attached hydrogen (secondary N) is 1. The van der Waals surface area contributed by atoms with E-state index >= 15 is 0 Å². The first-order valence-corrected chi connectivity index (χ1v) is 8.89. The van der Waals surface area contributed by atoms with Crippen molar-refractivity contribution < 1.29 is 8.42 Å². The molecule has 5 heteroatoms. The van der Waals surface area contributed by atoms with Crippen molar-refractivity contribution in [2.24, 2.45) is 0 Å². The van der Waals surface area contributed by atoms with Crippen molar-refractivity contribution in [1.82, 2.24) is 10.2 Å². The van der Waals surface area contributed by atoms with Crippen LogP contribution in [-0.2, 0) is 9.84 Å². The first-order valence-electron chi connectivity index (χ1n) is 7.07. The highest BCUT2D eigenvalue weighted by atomic mass is 32.2. The maximum absolute atomic E-state index is 11.8. The van der Waals surface area contributed by atoms with Crippen LogP contribution in [0.5, 0.6) is 0 Å². The summed E-state index contributed by atoms with van der Waals surface area (Å²) in [5, 5.41) is 3.57. The predicted molar refractivity (Wildman–Crippen MR) is 74.5 cm³/mol. The van der Waals surface area contributed by atoms with E-state index in [4.69, 9.17) is 0 Å². The van der Waals surface area contributed by atoms with Gasteiger partial charge in [0.2, 0.25) is 0 Å². The molecule has 0 amide bonds. The summed E-state index contributed by atoms with van der Waals surface area (Å²) >= 11 is 0. The Morgan fingerprint density at radius 3 is 2.72 bits per heavy atom. The third-order valence-electron chi connectivity index (χ3n) is 4.46. The van der Waals surface area contributed by atoms with Crippen molar-refractivity contribution in [2.75, 3.05) is 24.6 Å². The topological polar surface area (TPSA) is 49.4 Å². The standard InChI is InChI=1S/C13H26N2O2S/c1-4-5-12-9-15(11(2)8-14-12)13(3)6-7-18(16,17)10-13/h11-12,14H,4-10H2,1-3H3. The SMILES string of the molecule is CCCC1CN(C2(C)CCS(=O)(=O)C2)C(C)CN1. The summed E-state index contributed by atoms with van der Waals surface area (Å²) in [6, 6.07) is 0.947. The van der Waals surface area contributed by atoms with Gasteiger partial charge >= 0.3 is 0 Å². The molecular formula is C13H26N2O2S. The van der Waals surface area contributed by atoms with Gasteiger partial charge in [-0.05, 0) is 26.7 Å². The zero-order valence-corrected chi connectivity index (χ0v) is 12.6. The van der Waals surface area contributed by atoms with Crippen LogP contribution in [0.2, 0.25) is 0 Å². The number of nitrogens with zero attached hydrogens (tertiary/aromatic N) is 1. The molecule has 2 aliphatic rings. The molecule has 0 aromatic carbocycles. The predicted octanol–water partition coefficient (Wildman–Crippen LogP) is 1.03. The van der Waals surface area contributed by atoms with Gasteiger partial charge in [-0.25, -0.2) is 8.42 Å². The smallest absolute Gasteiger partial charge is 0.152 e. The summed E-state index contributed by atoms with van der Waals surface area (Å²) < 4.78 is 23.5. The van der Waals surface area contributed by atoms with E-state index < -0.39 is 9.84 Å². The van der Waals surface area contributed by atoms with Crippen molar-refractivity contribution in [3.05, 3.63) is 0 Å². The highest BCUT2D eigenvalue weighted by Crippen LogP contribution is 2.32. The minimum atomic E-state index is -2.82. The number of sulfone groups is 1. The Hall–Kier alpha value is -0.130. The highest BCUT2D eigenvalue weighted by molar-refractivity contribution is 7.91. The summed E-state index contributed by atoms with van der Waals surface area (Å²) in [5.41, 5.74) is -0.146. The summed E-state index contributed by atoms with van der Waals surface area (Å²) in [4.78, 5) is 2.44. The lowest BCUT2D eigenvalue weighted by Crippen LogP contribution is -2.63. The fraction of sp³-hybridized carbons (Fsp3) is 1.00. The second kappa shape index (κ2) is 5.10. The summed E-state index contributed by atoms with van der Waals surface area (Å²) in [5.74, 6) is 0.696. The van der Waals surface area contributed by atoms with Gasteiger partial charge in [-0.3, -0.25) is 4.90 Å². The highest BCUT2D eigenvalue weighted by Gasteiger charge is 2.45. The monoisotopic (exact) mass is 274 g/mol. The summed E-state index contributed by atoms with van der Waals surface area (Å²) in [7, 11) is -2.82. The molecule has 2 heterocycles. The van der Waals surface area contributed by atoms with Crippen molar-refractivity contribution in [2.45, 2.75) is 57.7 Å². The molecule has 0 bridgehead atoms. The molecule has 2 rings (SSSR count). The van der Waals surface area contributed by atoms with Gasteiger partial charge in [0.25, 0.3) is 0 Å². The fourth-order valence-electron chi connectivity index (χ4n) is 3.44. The normalized spacial score (nSPS) is 41.1. The lowest BCUT2D eigenvalue weighted by Gasteiger charge is -2.47. The third-order valence-corrected chi connectivity index (χ3v) is 6.35. The number of hydrogen-bond acceptors (Lipinski definition) is 4. The van der Waals surface area contributed by atoms with E-state index in [2.05, 4.69) is 31.0 Å². The first kappa shape index (κ1) is 14.3. The van der Waals surface area contributed by atoms with Crippen LogP contribution >= 0.6 is 0 Å². The minimum Gasteiger partial charge on any atom is -0.311 e. The van der Waals surface area contributed by atoms with E-state index in [9.17, 15) is 8.42 Å². The Balaban J connectivity index is 2.10. The Bertz CT molecular complexity index is 396. The molecule has 2 aliphatic heterocycles. The Kier molecular flexibility index (Phi) is 4.04.